The molecule has 3 aromatic rings. The van der Waals surface area contributed by atoms with E-state index in [2.05, 4.69) is 46.0 Å². The summed E-state index contributed by atoms with van der Waals surface area (Å²) in [6, 6.07) is 8.69. The highest BCUT2D eigenvalue weighted by Gasteiger charge is 2.39. The van der Waals surface area contributed by atoms with Gasteiger partial charge in [-0.2, -0.15) is 0 Å². The van der Waals surface area contributed by atoms with Gasteiger partial charge in [-0.15, -0.1) is 11.3 Å². The molecule has 5 rings (SSSR count). The van der Waals surface area contributed by atoms with Crippen molar-refractivity contribution < 1.29 is 8.78 Å². The maximum atomic E-state index is 14.9. The monoisotopic (exact) mass is 486 g/mol. The largest absolute Gasteiger partial charge is 0.357 e. The minimum absolute atomic E-state index is 0.0166. The Bertz CT molecular complexity index is 1120. The lowest BCUT2D eigenvalue weighted by Crippen LogP contribution is -2.47. The Morgan fingerprint density at radius 3 is 2.88 bits per heavy atom. The van der Waals surface area contributed by atoms with Crippen molar-refractivity contribution in [1.29, 1.82) is 0 Å². The summed E-state index contributed by atoms with van der Waals surface area (Å²) in [4.78, 5) is 14.4. The number of rotatable bonds is 8. The topological polar surface area (TPSA) is 35.2 Å². The first-order valence-corrected chi connectivity index (χ1v) is 13.4. The second-order valence-electron chi connectivity index (χ2n) is 10.8. The number of hydrogen-bond acceptors (Lipinski definition) is 4. The number of fused-ring (bicyclic) bond motifs is 3. The molecule has 34 heavy (non-hydrogen) atoms. The van der Waals surface area contributed by atoms with Crippen molar-refractivity contribution in [2.45, 2.75) is 64.2 Å². The smallest absolute Gasteiger partial charge is 0.118 e. The van der Waals surface area contributed by atoms with E-state index in [0.717, 1.165) is 49.4 Å². The van der Waals surface area contributed by atoms with Gasteiger partial charge in [-0.3, -0.25) is 9.29 Å². The second-order valence-corrected chi connectivity index (χ2v) is 11.9. The first kappa shape index (κ1) is 23.9. The third kappa shape index (κ3) is 4.93. The van der Waals surface area contributed by atoms with Gasteiger partial charge in [0.1, 0.15) is 5.67 Å². The van der Waals surface area contributed by atoms with Crippen LogP contribution in [0.5, 0.6) is 0 Å². The Labute approximate surface area is 205 Å². The molecule has 3 atom stereocenters. The molecule has 184 valence electrons. The molecule has 0 radical (unpaired) electrons. The number of halogens is 2. The maximum Gasteiger partial charge on any atom is 0.118 e. The molecule has 0 unspecified atom stereocenters. The van der Waals surface area contributed by atoms with Crippen LogP contribution in [0, 0.1) is 5.92 Å². The van der Waals surface area contributed by atoms with E-state index in [0.29, 0.717) is 18.9 Å². The van der Waals surface area contributed by atoms with Gasteiger partial charge in [0, 0.05) is 59.8 Å². The number of nitrogens with one attached hydrogen (secondary N) is 1. The highest BCUT2D eigenvalue weighted by atomic mass is 32.1. The third-order valence-electron chi connectivity index (χ3n) is 7.36. The van der Waals surface area contributed by atoms with Crippen LogP contribution in [0.25, 0.3) is 10.9 Å². The maximum absolute atomic E-state index is 14.9. The standard InChI is InChI=1S/C27H36F2N4S/c1-18-13-21-20-7-4-5-8-22(20)31-25(21)26(33(18)17-27(2,3)29)23-15-30-24(34-23)14-19-9-12-32(16-19)11-6-10-28/h4-5,7-8,15,18-19,26,31H,6,9-14,16-17H2,1-3H3/t18-,19+,26-/m1/s1. The van der Waals surface area contributed by atoms with Crippen molar-refractivity contribution in [3.05, 3.63) is 51.6 Å². The molecular weight excluding hydrogens is 450 g/mol. The summed E-state index contributed by atoms with van der Waals surface area (Å²) in [6.07, 6.45) is 5.67. The molecule has 2 aromatic heterocycles. The molecule has 1 N–H and O–H groups in total. The van der Waals surface area contributed by atoms with Crippen molar-refractivity contribution in [2.24, 2.45) is 5.92 Å². The molecule has 7 heteroatoms. The summed E-state index contributed by atoms with van der Waals surface area (Å²) >= 11 is 1.78. The normalized spacial score (nSPS) is 24.2. The van der Waals surface area contributed by atoms with Crippen molar-refractivity contribution in [3.8, 4) is 0 Å². The molecule has 0 amide bonds. The Hall–Kier alpha value is -1.83. The molecule has 0 saturated carbocycles. The molecule has 2 aliphatic heterocycles. The van der Waals surface area contributed by atoms with E-state index in [1.807, 2.05) is 6.20 Å². The van der Waals surface area contributed by atoms with Gasteiger partial charge in [0.15, 0.2) is 0 Å². The van der Waals surface area contributed by atoms with E-state index in [9.17, 15) is 8.78 Å². The van der Waals surface area contributed by atoms with Crippen LogP contribution in [0.2, 0.25) is 0 Å². The van der Waals surface area contributed by atoms with Crippen molar-refractivity contribution in [2.75, 3.05) is 32.9 Å². The minimum Gasteiger partial charge on any atom is -0.357 e. The zero-order valence-electron chi connectivity index (χ0n) is 20.5. The molecule has 1 aromatic carbocycles. The highest BCUT2D eigenvalue weighted by Crippen LogP contribution is 2.43. The zero-order chi connectivity index (χ0) is 23.9. The van der Waals surface area contributed by atoms with Crippen LogP contribution in [-0.4, -0.2) is 64.3 Å². The number of hydrogen-bond donors (Lipinski definition) is 1. The lowest BCUT2D eigenvalue weighted by atomic mass is 9.90. The summed E-state index contributed by atoms with van der Waals surface area (Å²) in [5, 5.41) is 2.43. The minimum atomic E-state index is -1.28. The van der Waals surface area contributed by atoms with E-state index in [-0.39, 0.29) is 18.8 Å². The predicted octanol–water partition coefficient (Wildman–Crippen LogP) is 5.93. The number of benzene rings is 1. The van der Waals surface area contributed by atoms with E-state index >= 15 is 0 Å². The number of H-pyrrole nitrogens is 1. The molecule has 0 bridgehead atoms. The number of aromatic nitrogens is 2. The van der Waals surface area contributed by atoms with Crippen molar-refractivity contribution >= 4 is 22.2 Å². The number of likely N-dealkylation sites (tertiary alicyclic amines) is 1. The van der Waals surface area contributed by atoms with Crippen LogP contribution < -0.4 is 0 Å². The van der Waals surface area contributed by atoms with Gasteiger partial charge in [-0.05, 0) is 64.1 Å². The SMILES string of the molecule is C[C@@H]1Cc2c([nH]c3ccccc23)[C@@H](c2cnc(C[C@@H]3CCN(CCCF)C3)s2)N1CC(C)(C)F. The van der Waals surface area contributed by atoms with Crippen molar-refractivity contribution in [1.82, 2.24) is 19.8 Å². The molecule has 2 aliphatic rings. The number of thiazole rings is 1. The van der Waals surface area contributed by atoms with Gasteiger partial charge in [-0.25, -0.2) is 9.37 Å². The third-order valence-corrected chi connectivity index (χ3v) is 8.43. The summed E-state index contributed by atoms with van der Waals surface area (Å²) < 4.78 is 27.5. The van der Waals surface area contributed by atoms with E-state index in [1.54, 1.807) is 25.2 Å². The molecule has 4 heterocycles. The van der Waals surface area contributed by atoms with Gasteiger partial charge in [-0.1, -0.05) is 18.2 Å². The molecule has 0 aliphatic carbocycles. The second kappa shape index (κ2) is 9.67. The van der Waals surface area contributed by atoms with Gasteiger partial charge in [0.2, 0.25) is 0 Å². The van der Waals surface area contributed by atoms with Crippen LogP contribution in [0.1, 0.15) is 60.8 Å². The number of nitrogens with zero attached hydrogens (tertiary/aromatic N) is 3. The quantitative estimate of drug-likeness (QED) is 0.428. The van der Waals surface area contributed by atoms with Crippen molar-refractivity contribution in [3.63, 3.8) is 0 Å². The fourth-order valence-corrected chi connectivity index (χ4v) is 7.02. The summed E-state index contributed by atoms with van der Waals surface area (Å²) in [6.45, 7) is 8.65. The van der Waals surface area contributed by atoms with Gasteiger partial charge < -0.3 is 9.88 Å². The molecular formula is C27H36F2N4S. The van der Waals surface area contributed by atoms with E-state index < -0.39 is 5.67 Å². The Morgan fingerprint density at radius 2 is 2.09 bits per heavy atom. The lowest BCUT2D eigenvalue weighted by molar-refractivity contribution is 0.0678. The first-order valence-electron chi connectivity index (χ1n) is 12.6. The van der Waals surface area contributed by atoms with Gasteiger partial charge in [0.25, 0.3) is 0 Å². The number of alkyl halides is 2. The fourth-order valence-electron chi connectivity index (χ4n) is 5.85. The Morgan fingerprint density at radius 1 is 1.26 bits per heavy atom. The summed E-state index contributed by atoms with van der Waals surface area (Å²) in [5.41, 5.74) is 2.42. The predicted molar refractivity (Wildman–Crippen MR) is 136 cm³/mol. The fraction of sp³-hybridized carbons (Fsp3) is 0.593. The molecule has 1 fully saturated rings. The van der Waals surface area contributed by atoms with Crippen LogP contribution >= 0.6 is 11.3 Å². The Balaban J connectivity index is 1.43. The lowest BCUT2D eigenvalue weighted by Gasteiger charge is -2.42. The number of aromatic amines is 1. The average molecular weight is 487 g/mol. The zero-order valence-corrected chi connectivity index (χ0v) is 21.3. The average Bonchev–Trinajstić information content (AvgIpc) is 3.51. The number of para-hydroxylation sites is 1. The highest BCUT2D eigenvalue weighted by molar-refractivity contribution is 7.11. The van der Waals surface area contributed by atoms with Gasteiger partial charge in [0.05, 0.1) is 17.7 Å². The molecule has 0 spiro atoms. The van der Waals surface area contributed by atoms with E-state index in [1.165, 1.54) is 21.5 Å². The van der Waals surface area contributed by atoms with E-state index in [4.69, 9.17) is 4.98 Å². The van der Waals surface area contributed by atoms with Crippen LogP contribution in [0.3, 0.4) is 0 Å². The van der Waals surface area contributed by atoms with Crippen LogP contribution in [-0.2, 0) is 12.8 Å². The van der Waals surface area contributed by atoms with Crippen LogP contribution in [0.15, 0.2) is 30.5 Å². The van der Waals surface area contributed by atoms with Crippen LogP contribution in [0.4, 0.5) is 8.78 Å². The first-order chi connectivity index (χ1) is 16.3. The summed E-state index contributed by atoms with van der Waals surface area (Å²) in [7, 11) is 0. The molecule has 4 nitrogen and oxygen atoms in total. The van der Waals surface area contributed by atoms with Gasteiger partial charge >= 0.3 is 0 Å². The molecule has 1 saturated heterocycles. The Kier molecular flexibility index (Phi) is 6.79. The summed E-state index contributed by atoms with van der Waals surface area (Å²) in [5.74, 6) is 0.577.